The van der Waals surface area contributed by atoms with Gasteiger partial charge in [0.15, 0.2) is 0 Å². The van der Waals surface area contributed by atoms with E-state index in [0.29, 0.717) is 6.42 Å². The average Bonchev–Trinajstić information content (AvgIpc) is 2.35. The molecule has 0 amide bonds. The van der Waals surface area contributed by atoms with Gasteiger partial charge >= 0.3 is 0 Å². The minimum Gasteiger partial charge on any atom is -0.395 e. The van der Waals surface area contributed by atoms with Crippen molar-refractivity contribution in [2.45, 2.75) is 25.4 Å². The first-order valence-electron chi connectivity index (χ1n) is 5.77. The molecule has 0 spiro atoms. The molecule has 0 aliphatic carbocycles. The number of hydrogen-bond acceptors (Lipinski definition) is 3. The summed E-state index contributed by atoms with van der Waals surface area (Å²) in [6.45, 7) is 2.05. The highest BCUT2D eigenvalue weighted by Crippen LogP contribution is 2.24. The first-order chi connectivity index (χ1) is 8.06. The lowest BCUT2D eigenvalue weighted by Gasteiger charge is -2.32. The van der Waals surface area contributed by atoms with E-state index in [2.05, 4.69) is 4.90 Å². The summed E-state index contributed by atoms with van der Waals surface area (Å²) < 4.78 is 0. The largest absolute Gasteiger partial charge is 0.395 e. The number of aliphatic hydroxyl groups is 1. The lowest BCUT2D eigenvalue weighted by molar-refractivity contribution is 0.122. The summed E-state index contributed by atoms with van der Waals surface area (Å²) in [5, 5.41) is 16.7. The number of likely N-dealkylation sites (N-methyl/N-ethyl adjacent to an activating group) is 1. The van der Waals surface area contributed by atoms with E-state index >= 15 is 0 Å². The van der Waals surface area contributed by atoms with Crippen molar-refractivity contribution in [2.24, 2.45) is 5.73 Å². The summed E-state index contributed by atoms with van der Waals surface area (Å²) in [6.07, 6.45) is 0.477. The maximum absolute atomic E-state index is 9.21. The van der Waals surface area contributed by atoms with Gasteiger partial charge in [0.05, 0.1) is 12.4 Å². The SMILES string of the molecule is CC(CO)N(C)C(CC(=N)N)c1ccccc1. The van der Waals surface area contributed by atoms with Gasteiger partial charge in [0.25, 0.3) is 0 Å². The molecule has 17 heavy (non-hydrogen) atoms. The van der Waals surface area contributed by atoms with E-state index in [1.165, 1.54) is 0 Å². The summed E-state index contributed by atoms with van der Waals surface area (Å²) in [5.41, 5.74) is 6.62. The molecule has 4 N–H and O–H groups in total. The fraction of sp³-hybridized carbons (Fsp3) is 0.462. The van der Waals surface area contributed by atoms with Crippen LogP contribution in [0.15, 0.2) is 30.3 Å². The van der Waals surface area contributed by atoms with Gasteiger partial charge in [-0.25, -0.2) is 0 Å². The molecule has 0 saturated carbocycles. The second-order valence-electron chi connectivity index (χ2n) is 4.35. The quantitative estimate of drug-likeness (QED) is 0.515. The van der Waals surface area contributed by atoms with E-state index in [0.717, 1.165) is 5.56 Å². The normalized spacial score (nSPS) is 14.6. The van der Waals surface area contributed by atoms with Crippen LogP contribution < -0.4 is 5.73 Å². The average molecular weight is 235 g/mol. The van der Waals surface area contributed by atoms with Crippen molar-refractivity contribution >= 4 is 5.84 Å². The second-order valence-corrected chi connectivity index (χ2v) is 4.35. The van der Waals surface area contributed by atoms with Crippen LogP contribution in [0, 0.1) is 5.41 Å². The lowest BCUT2D eigenvalue weighted by Crippen LogP contribution is -2.37. The van der Waals surface area contributed by atoms with Crippen LogP contribution in [0.4, 0.5) is 0 Å². The van der Waals surface area contributed by atoms with Crippen LogP contribution in [-0.2, 0) is 0 Å². The highest BCUT2D eigenvalue weighted by Gasteiger charge is 2.21. The van der Waals surface area contributed by atoms with Gasteiger partial charge in [-0.2, -0.15) is 0 Å². The number of hydrogen-bond donors (Lipinski definition) is 3. The van der Waals surface area contributed by atoms with Crippen LogP contribution in [0.3, 0.4) is 0 Å². The molecular weight excluding hydrogens is 214 g/mol. The van der Waals surface area contributed by atoms with Crippen LogP contribution in [-0.4, -0.2) is 35.5 Å². The Balaban J connectivity index is 2.91. The van der Waals surface area contributed by atoms with E-state index < -0.39 is 0 Å². The molecule has 0 aliphatic heterocycles. The molecule has 94 valence electrons. The summed E-state index contributed by atoms with van der Waals surface area (Å²) >= 11 is 0. The third kappa shape index (κ3) is 3.84. The van der Waals surface area contributed by atoms with E-state index in [4.69, 9.17) is 11.1 Å². The van der Waals surface area contributed by atoms with E-state index in [1.807, 2.05) is 44.3 Å². The minimum absolute atomic E-state index is 0.0378. The smallest absolute Gasteiger partial charge is 0.0924 e. The Morgan fingerprint density at radius 1 is 1.41 bits per heavy atom. The van der Waals surface area contributed by atoms with Crippen molar-refractivity contribution in [1.82, 2.24) is 4.90 Å². The lowest BCUT2D eigenvalue weighted by atomic mass is 10.0. The number of nitrogens with zero attached hydrogens (tertiary/aromatic N) is 1. The molecule has 0 radical (unpaired) electrons. The Bertz CT molecular complexity index is 353. The van der Waals surface area contributed by atoms with Crippen LogP contribution in [0.5, 0.6) is 0 Å². The van der Waals surface area contributed by atoms with Crippen LogP contribution in [0.2, 0.25) is 0 Å². The highest BCUT2D eigenvalue weighted by molar-refractivity contribution is 5.77. The first-order valence-corrected chi connectivity index (χ1v) is 5.77. The summed E-state index contributed by atoms with van der Waals surface area (Å²) in [4.78, 5) is 2.05. The molecule has 2 unspecified atom stereocenters. The van der Waals surface area contributed by atoms with Crippen molar-refractivity contribution < 1.29 is 5.11 Å². The molecule has 1 aromatic carbocycles. The van der Waals surface area contributed by atoms with Crippen molar-refractivity contribution in [2.75, 3.05) is 13.7 Å². The Labute approximate surface area is 103 Å². The maximum Gasteiger partial charge on any atom is 0.0924 e. The Kier molecular flexibility index (Phi) is 5.12. The molecule has 0 bridgehead atoms. The molecule has 0 aromatic heterocycles. The van der Waals surface area contributed by atoms with E-state index in [-0.39, 0.29) is 24.5 Å². The maximum atomic E-state index is 9.21. The fourth-order valence-electron chi connectivity index (χ4n) is 1.82. The summed E-state index contributed by atoms with van der Waals surface area (Å²) in [5.74, 6) is 0.163. The molecule has 1 aromatic rings. The number of nitrogens with one attached hydrogen (secondary N) is 1. The topological polar surface area (TPSA) is 73.3 Å². The zero-order chi connectivity index (χ0) is 12.8. The molecule has 4 nitrogen and oxygen atoms in total. The summed E-state index contributed by atoms with van der Waals surface area (Å²) in [7, 11) is 1.95. The van der Waals surface area contributed by atoms with Gasteiger partial charge in [0.1, 0.15) is 0 Å². The van der Waals surface area contributed by atoms with E-state index in [9.17, 15) is 5.11 Å². The third-order valence-electron chi connectivity index (χ3n) is 3.05. The molecule has 4 heteroatoms. The van der Waals surface area contributed by atoms with Crippen molar-refractivity contribution in [3.63, 3.8) is 0 Å². The third-order valence-corrected chi connectivity index (χ3v) is 3.05. The number of nitrogens with two attached hydrogens (primary N) is 1. The summed E-state index contributed by atoms with van der Waals surface area (Å²) in [6, 6.07) is 10.0. The van der Waals surface area contributed by atoms with Gasteiger partial charge in [-0.3, -0.25) is 10.3 Å². The Hall–Kier alpha value is -1.39. The molecule has 1 rings (SSSR count). The number of benzene rings is 1. The van der Waals surface area contributed by atoms with Gasteiger partial charge in [-0.1, -0.05) is 30.3 Å². The Morgan fingerprint density at radius 3 is 2.47 bits per heavy atom. The van der Waals surface area contributed by atoms with E-state index in [1.54, 1.807) is 0 Å². The molecule has 0 aliphatic rings. The second kappa shape index (κ2) is 6.37. The van der Waals surface area contributed by atoms with Gasteiger partial charge in [-0.05, 0) is 19.5 Å². The fourth-order valence-corrected chi connectivity index (χ4v) is 1.82. The van der Waals surface area contributed by atoms with Crippen molar-refractivity contribution in [3.8, 4) is 0 Å². The van der Waals surface area contributed by atoms with Crippen LogP contribution in [0.1, 0.15) is 24.9 Å². The molecule has 0 fully saturated rings. The number of amidine groups is 1. The van der Waals surface area contributed by atoms with Gasteiger partial charge in [0, 0.05) is 18.5 Å². The highest BCUT2D eigenvalue weighted by atomic mass is 16.3. The molecule has 0 heterocycles. The number of aliphatic hydroxyl groups excluding tert-OH is 1. The molecule has 2 atom stereocenters. The molecule has 0 saturated heterocycles. The van der Waals surface area contributed by atoms with Gasteiger partial charge in [-0.15, -0.1) is 0 Å². The Morgan fingerprint density at radius 2 is 2.00 bits per heavy atom. The van der Waals surface area contributed by atoms with Gasteiger partial charge < -0.3 is 10.8 Å². The van der Waals surface area contributed by atoms with Crippen LogP contribution in [0.25, 0.3) is 0 Å². The van der Waals surface area contributed by atoms with Crippen molar-refractivity contribution in [1.29, 1.82) is 5.41 Å². The zero-order valence-corrected chi connectivity index (χ0v) is 10.4. The zero-order valence-electron chi connectivity index (χ0n) is 10.4. The number of rotatable bonds is 6. The molecular formula is C13H21N3O. The van der Waals surface area contributed by atoms with Crippen molar-refractivity contribution in [3.05, 3.63) is 35.9 Å². The van der Waals surface area contributed by atoms with Crippen LogP contribution >= 0.6 is 0 Å². The predicted octanol–water partition coefficient (Wildman–Crippen LogP) is 1.37. The van der Waals surface area contributed by atoms with Gasteiger partial charge in [0.2, 0.25) is 0 Å². The standard InChI is InChI=1S/C13H21N3O/c1-10(9-17)16(2)12(8-13(14)15)11-6-4-3-5-7-11/h3-7,10,12,17H,8-9H2,1-2H3,(H3,14,15). The minimum atomic E-state index is 0.0378. The predicted molar refractivity (Wildman–Crippen MR) is 70.0 cm³/mol. The monoisotopic (exact) mass is 235 g/mol. The first kappa shape index (κ1) is 13.7.